The van der Waals surface area contributed by atoms with E-state index in [2.05, 4.69) is 15.0 Å². The van der Waals surface area contributed by atoms with Crippen LogP contribution in [0.1, 0.15) is 20.1 Å². The van der Waals surface area contributed by atoms with Gasteiger partial charge in [0.1, 0.15) is 30.2 Å². The van der Waals surface area contributed by atoms with E-state index in [0.717, 1.165) is 0 Å². The van der Waals surface area contributed by atoms with Gasteiger partial charge in [-0.15, -0.1) is 0 Å². The first kappa shape index (κ1) is 13.8. The third-order valence-corrected chi connectivity index (χ3v) is 3.97. The van der Waals surface area contributed by atoms with Crippen LogP contribution in [0.5, 0.6) is 0 Å². The largest absolute Gasteiger partial charge is 0.394 e. The van der Waals surface area contributed by atoms with Gasteiger partial charge in [0.15, 0.2) is 23.5 Å². The van der Waals surface area contributed by atoms with Crippen molar-refractivity contribution in [1.29, 1.82) is 0 Å². The number of hydrogen-bond donors (Lipinski definition) is 2. The fraction of sp³-hybridized carbons (Fsp3) is 0.615. The Morgan fingerprint density at radius 3 is 2.82 bits per heavy atom. The zero-order chi connectivity index (χ0) is 15.5. The van der Waals surface area contributed by atoms with E-state index in [1.165, 1.54) is 6.33 Å². The molecule has 2 aromatic rings. The molecule has 2 aliphatic rings. The van der Waals surface area contributed by atoms with E-state index >= 15 is 0 Å². The Bertz CT molecular complexity index is 718. The van der Waals surface area contributed by atoms with Crippen LogP contribution in [-0.4, -0.2) is 55.3 Å². The molecule has 0 amide bonds. The first-order valence-corrected chi connectivity index (χ1v) is 7.05. The lowest BCUT2D eigenvalue weighted by Crippen LogP contribution is -2.31. The maximum Gasteiger partial charge on any atom is 0.167 e. The van der Waals surface area contributed by atoms with Crippen LogP contribution in [0.2, 0.25) is 0 Å². The Balaban J connectivity index is 1.77. The van der Waals surface area contributed by atoms with E-state index in [1.807, 2.05) is 13.8 Å². The van der Waals surface area contributed by atoms with E-state index < -0.39 is 18.1 Å². The molecule has 0 aromatic carbocycles. The lowest BCUT2D eigenvalue weighted by atomic mass is 10.1. The van der Waals surface area contributed by atoms with Gasteiger partial charge in [-0.3, -0.25) is 4.57 Å². The average molecular weight is 307 g/mol. The van der Waals surface area contributed by atoms with Gasteiger partial charge in [-0.05, 0) is 13.8 Å². The molecule has 22 heavy (non-hydrogen) atoms. The molecule has 4 heterocycles. The predicted molar refractivity (Wildman–Crippen MR) is 74.6 cm³/mol. The van der Waals surface area contributed by atoms with Crippen molar-refractivity contribution in [3.63, 3.8) is 0 Å². The van der Waals surface area contributed by atoms with E-state index in [9.17, 15) is 5.11 Å². The van der Waals surface area contributed by atoms with Crippen LogP contribution in [0.25, 0.3) is 11.2 Å². The number of rotatable bonds is 2. The maximum absolute atomic E-state index is 9.52. The van der Waals surface area contributed by atoms with Crippen molar-refractivity contribution >= 4 is 17.0 Å². The average Bonchev–Trinajstić information content (AvgIpc) is 3.10. The second kappa shape index (κ2) is 4.59. The van der Waals surface area contributed by atoms with Gasteiger partial charge >= 0.3 is 0 Å². The molecule has 4 atom stereocenters. The number of nitrogens with two attached hydrogens (primary N) is 1. The topological polar surface area (TPSA) is 118 Å². The normalized spacial score (nSPS) is 33.4. The molecule has 0 saturated carbocycles. The number of ether oxygens (including phenoxy) is 3. The van der Waals surface area contributed by atoms with E-state index in [1.54, 1.807) is 10.9 Å². The van der Waals surface area contributed by atoms with Crippen molar-refractivity contribution in [2.45, 2.75) is 44.2 Å². The molecule has 2 saturated heterocycles. The molecule has 0 radical (unpaired) electrons. The Morgan fingerprint density at radius 2 is 2.05 bits per heavy atom. The highest BCUT2D eigenvalue weighted by molar-refractivity contribution is 5.81. The lowest BCUT2D eigenvalue weighted by Gasteiger charge is -2.24. The SMILES string of the molecule is CC1(C)OC2C(O1)[C@@H](CO)OC2n1cnc2c(N)ncnc21. The fourth-order valence-electron chi connectivity index (χ4n) is 3.09. The van der Waals surface area contributed by atoms with Crippen molar-refractivity contribution in [3.8, 4) is 0 Å². The minimum absolute atomic E-state index is 0.152. The summed E-state index contributed by atoms with van der Waals surface area (Å²) in [5.41, 5.74) is 6.87. The van der Waals surface area contributed by atoms with Gasteiger partial charge in [0.25, 0.3) is 0 Å². The van der Waals surface area contributed by atoms with Gasteiger partial charge in [-0.2, -0.15) is 0 Å². The summed E-state index contributed by atoms with van der Waals surface area (Å²) in [6, 6.07) is 0. The van der Waals surface area contributed by atoms with Crippen LogP contribution in [0.15, 0.2) is 12.7 Å². The Hall–Kier alpha value is -1.81. The highest BCUT2D eigenvalue weighted by atomic mass is 16.8. The van der Waals surface area contributed by atoms with Crippen LogP contribution in [-0.2, 0) is 14.2 Å². The first-order valence-electron chi connectivity index (χ1n) is 7.05. The van der Waals surface area contributed by atoms with Crippen LogP contribution in [0.4, 0.5) is 5.82 Å². The Kier molecular flexibility index (Phi) is 2.89. The van der Waals surface area contributed by atoms with Crippen LogP contribution >= 0.6 is 0 Å². The number of aromatic nitrogens is 4. The van der Waals surface area contributed by atoms with Crippen molar-refractivity contribution in [1.82, 2.24) is 19.5 Å². The molecule has 0 aliphatic carbocycles. The highest BCUT2D eigenvalue weighted by Gasteiger charge is 2.55. The summed E-state index contributed by atoms with van der Waals surface area (Å²) >= 11 is 0. The molecule has 2 fully saturated rings. The van der Waals surface area contributed by atoms with E-state index in [-0.39, 0.29) is 18.8 Å². The molecule has 3 N–H and O–H groups in total. The fourth-order valence-corrected chi connectivity index (χ4v) is 3.09. The highest BCUT2D eigenvalue weighted by Crippen LogP contribution is 2.43. The molecule has 0 spiro atoms. The molecular formula is C13H17N5O4. The number of aliphatic hydroxyl groups excluding tert-OH is 1. The molecule has 0 bridgehead atoms. The number of fused-ring (bicyclic) bond motifs is 2. The summed E-state index contributed by atoms with van der Waals surface area (Å²) in [4.78, 5) is 12.4. The zero-order valence-corrected chi connectivity index (χ0v) is 12.2. The Labute approximate surface area is 126 Å². The van der Waals surface area contributed by atoms with Crippen molar-refractivity contribution in [2.75, 3.05) is 12.3 Å². The van der Waals surface area contributed by atoms with Gasteiger partial charge in [0.2, 0.25) is 0 Å². The van der Waals surface area contributed by atoms with Gasteiger partial charge in [-0.25, -0.2) is 15.0 Å². The summed E-state index contributed by atoms with van der Waals surface area (Å²) in [5, 5.41) is 9.52. The molecule has 4 rings (SSSR count). The summed E-state index contributed by atoms with van der Waals surface area (Å²) < 4.78 is 19.4. The van der Waals surface area contributed by atoms with Gasteiger partial charge < -0.3 is 25.1 Å². The van der Waals surface area contributed by atoms with Crippen molar-refractivity contribution < 1.29 is 19.3 Å². The van der Waals surface area contributed by atoms with E-state index in [4.69, 9.17) is 19.9 Å². The smallest absolute Gasteiger partial charge is 0.167 e. The minimum Gasteiger partial charge on any atom is -0.394 e. The molecule has 9 nitrogen and oxygen atoms in total. The van der Waals surface area contributed by atoms with Crippen LogP contribution in [0.3, 0.4) is 0 Å². The summed E-state index contributed by atoms with van der Waals surface area (Å²) in [6.45, 7) is 3.52. The van der Waals surface area contributed by atoms with E-state index in [0.29, 0.717) is 17.0 Å². The van der Waals surface area contributed by atoms with Crippen molar-refractivity contribution in [2.24, 2.45) is 0 Å². The number of nitrogens with zero attached hydrogens (tertiary/aromatic N) is 4. The number of nitrogen functional groups attached to an aromatic ring is 1. The number of aliphatic hydroxyl groups is 1. The second-order valence-electron chi connectivity index (χ2n) is 5.90. The molecule has 2 aromatic heterocycles. The molecule has 9 heteroatoms. The summed E-state index contributed by atoms with van der Waals surface area (Å²) in [7, 11) is 0. The molecule has 118 valence electrons. The summed E-state index contributed by atoms with van der Waals surface area (Å²) in [5.74, 6) is -0.421. The molecule has 2 aliphatic heterocycles. The maximum atomic E-state index is 9.52. The first-order chi connectivity index (χ1) is 10.5. The third kappa shape index (κ3) is 1.90. The second-order valence-corrected chi connectivity index (χ2v) is 5.90. The van der Waals surface area contributed by atoms with Crippen LogP contribution in [0, 0.1) is 0 Å². The third-order valence-electron chi connectivity index (χ3n) is 3.97. The van der Waals surface area contributed by atoms with Crippen LogP contribution < -0.4 is 5.73 Å². The minimum atomic E-state index is -0.727. The zero-order valence-electron chi connectivity index (χ0n) is 12.2. The lowest BCUT2D eigenvalue weighted by molar-refractivity contribution is -0.199. The Morgan fingerprint density at radius 1 is 1.27 bits per heavy atom. The van der Waals surface area contributed by atoms with Gasteiger partial charge in [0.05, 0.1) is 12.9 Å². The van der Waals surface area contributed by atoms with Gasteiger partial charge in [0, 0.05) is 0 Å². The number of hydrogen-bond acceptors (Lipinski definition) is 8. The standard InChI is InChI=1S/C13H17N5O4/c1-13(2)21-8-6(3-19)20-12(9(8)22-13)18-5-17-7-10(14)15-4-16-11(7)18/h4-6,8-9,12,19H,3H2,1-2H3,(H2,14,15,16)/t6-,8?,9?,12?/m1/s1. The van der Waals surface area contributed by atoms with Crippen molar-refractivity contribution in [3.05, 3.63) is 12.7 Å². The number of anilines is 1. The van der Waals surface area contributed by atoms with Gasteiger partial charge in [-0.1, -0.05) is 0 Å². The summed E-state index contributed by atoms with van der Waals surface area (Å²) in [6.07, 6.45) is 1.30. The quantitative estimate of drug-likeness (QED) is 0.784. The monoisotopic (exact) mass is 307 g/mol. The number of imidazole rings is 1. The molecule has 3 unspecified atom stereocenters. The predicted octanol–water partition coefficient (Wildman–Crippen LogP) is -0.182. The molecular weight excluding hydrogens is 290 g/mol.